The smallest absolute Gasteiger partial charge is 0.113 e. The van der Waals surface area contributed by atoms with Crippen LogP contribution in [0.2, 0.25) is 0 Å². The van der Waals surface area contributed by atoms with Gasteiger partial charge in [0.15, 0.2) is 0 Å². The SMILES string of the molecule is C[C@@H]1[C@H]2O[C@H]3[C@H](O)[C@H]1O[C@H]3[C@@H]2C. The Kier molecular flexibility index (Phi) is 1.23. The van der Waals surface area contributed by atoms with Gasteiger partial charge < -0.3 is 14.6 Å². The molecule has 0 spiro atoms. The summed E-state index contributed by atoms with van der Waals surface area (Å²) < 4.78 is 11.4. The lowest BCUT2D eigenvalue weighted by Gasteiger charge is -2.37. The second kappa shape index (κ2) is 2.03. The summed E-state index contributed by atoms with van der Waals surface area (Å²) in [4.78, 5) is 0. The highest BCUT2D eigenvalue weighted by Crippen LogP contribution is 2.49. The van der Waals surface area contributed by atoms with Gasteiger partial charge in [0.25, 0.3) is 0 Å². The number of hydrogen-bond donors (Lipinski definition) is 1. The Morgan fingerprint density at radius 2 is 1.42 bits per heavy atom. The molecule has 4 rings (SSSR count). The summed E-state index contributed by atoms with van der Waals surface area (Å²) in [7, 11) is 0. The molecule has 0 aromatic rings. The Bertz CT molecular complexity index is 188. The summed E-state index contributed by atoms with van der Waals surface area (Å²) in [5, 5.41) is 9.74. The molecule has 4 heterocycles. The van der Waals surface area contributed by atoms with Crippen LogP contribution in [-0.2, 0) is 9.47 Å². The van der Waals surface area contributed by atoms with Crippen molar-refractivity contribution in [2.45, 2.75) is 44.4 Å². The van der Waals surface area contributed by atoms with Gasteiger partial charge in [0, 0.05) is 11.8 Å². The summed E-state index contributed by atoms with van der Waals surface area (Å²) in [6.07, 6.45) is 0.0979. The van der Waals surface area contributed by atoms with E-state index in [0.717, 1.165) is 0 Å². The van der Waals surface area contributed by atoms with E-state index in [1.165, 1.54) is 0 Å². The molecule has 4 saturated heterocycles. The van der Waals surface area contributed by atoms with Crippen LogP contribution in [0.5, 0.6) is 0 Å². The van der Waals surface area contributed by atoms with Crippen LogP contribution >= 0.6 is 0 Å². The lowest BCUT2D eigenvalue weighted by Crippen LogP contribution is -2.47. The molecule has 4 aliphatic rings. The molecule has 4 aliphatic heterocycles. The third kappa shape index (κ3) is 0.605. The van der Waals surface area contributed by atoms with Gasteiger partial charge in [-0.25, -0.2) is 0 Å². The molecule has 3 nitrogen and oxygen atoms in total. The zero-order valence-electron chi connectivity index (χ0n) is 7.31. The van der Waals surface area contributed by atoms with Crippen molar-refractivity contribution in [1.29, 1.82) is 0 Å². The molecule has 1 N–H and O–H groups in total. The van der Waals surface area contributed by atoms with E-state index in [9.17, 15) is 5.11 Å². The van der Waals surface area contributed by atoms with Crippen molar-refractivity contribution in [3.63, 3.8) is 0 Å². The Balaban J connectivity index is 2.01. The first-order valence-corrected chi connectivity index (χ1v) is 4.69. The predicted octanol–water partition coefficient (Wildman–Crippen LogP) is 0.168. The molecular formula is C9H14O3. The maximum Gasteiger partial charge on any atom is 0.113 e. The van der Waals surface area contributed by atoms with Crippen LogP contribution in [0.1, 0.15) is 13.8 Å². The van der Waals surface area contributed by atoms with Crippen molar-refractivity contribution in [3.05, 3.63) is 0 Å². The summed E-state index contributed by atoms with van der Waals surface area (Å²) in [5.74, 6) is 0.809. The maximum atomic E-state index is 9.74. The van der Waals surface area contributed by atoms with Crippen LogP contribution in [0.4, 0.5) is 0 Å². The van der Waals surface area contributed by atoms with E-state index in [-0.39, 0.29) is 24.4 Å². The molecule has 3 heteroatoms. The van der Waals surface area contributed by atoms with Crippen molar-refractivity contribution >= 4 is 0 Å². The van der Waals surface area contributed by atoms with E-state index in [1.54, 1.807) is 0 Å². The van der Waals surface area contributed by atoms with Crippen LogP contribution in [0, 0.1) is 11.8 Å². The predicted molar refractivity (Wildman–Crippen MR) is 41.7 cm³/mol. The van der Waals surface area contributed by atoms with Gasteiger partial charge in [-0.1, -0.05) is 13.8 Å². The van der Waals surface area contributed by atoms with Crippen molar-refractivity contribution < 1.29 is 14.6 Å². The second-order valence-corrected chi connectivity index (χ2v) is 4.34. The Morgan fingerprint density at radius 3 is 2.08 bits per heavy atom. The molecule has 12 heavy (non-hydrogen) atoms. The molecule has 0 aliphatic carbocycles. The van der Waals surface area contributed by atoms with Gasteiger partial charge in [0.05, 0.1) is 18.3 Å². The maximum absolute atomic E-state index is 9.74. The first-order valence-electron chi connectivity index (χ1n) is 4.69. The molecule has 0 aromatic heterocycles. The van der Waals surface area contributed by atoms with Gasteiger partial charge in [-0.3, -0.25) is 0 Å². The van der Waals surface area contributed by atoms with Crippen LogP contribution in [0.25, 0.3) is 0 Å². The highest BCUT2D eigenvalue weighted by Gasteiger charge is 2.63. The largest absolute Gasteiger partial charge is 0.388 e. The van der Waals surface area contributed by atoms with Gasteiger partial charge >= 0.3 is 0 Å². The van der Waals surface area contributed by atoms with Gasteiger partial charge in [-0.05, 0) is 0 Å². The molecular weight excluding hydrogens is 156 g/mol. The molecule has 0 saturated carbocycles. The highest BCUT2D eigenvalue weighted by atomic mass is 16.6. The van der Waals surface area contributed by atoms with E-state index in [1.807, 2.05) is 0 Å². The minimum atomic E-state index is -0.383. The molecule has 0 unspecified atom stereocenters. The number of ether oxygens (including phenoxy) is 2. The number of hydrogen-bond acceptors (Lipinski definition) is 3. The minimum absolute atomic E-state index is 0.0359. The number of rotatable bonds is 0. The van der Waals surface area contributed by atoms with Gasteiger partial charge in [-0.2, -0.15) is 0 Å². The van der Waals surface area contributed by atoms with Crippen molar-refractivity contribution in [2.75, 3.05) is 0 Å². The fraction of sp³-hybridized carbons (Fsp3) is 1.00. The van der Waals surface area contributed by atoms with Crippen LogP contribution in [0.3, 0.4) is 0 Å². The molecule has 68 valence electrons. The number of aliphatic hydroxyl groups excluding tert-OH is 1. The van der Waals surface area contributed by atoms with Gasteiger partial charge in [0.2, 0.25) is 0 Å². The second-order valence-electron chi connectivity index (χ2n) is 4.34. The molecule has 0 radical (unpaired) electrons. The van der Waals surface area contributed by atoms with Crippen molar-refractivity contribution in [1.82, 2.24) is 0 Å². The number of aliphatic hydroxyl groups is 1. The standard InChI is InChI=1S/C9H14O3/c1-3-6-4(2)8-9(11-6)5(10)7(3)12-8/h3-10H,1-2H3/t3-,4-,5-,6-,7+,8+,9+/m1/s1. The quantitative estimate of drug-likeness (QED) is 0.563. The van der Waals surface area contributed by atoms with Gasteiger partial charge in [0.1, 0.15) is 12.2 Å². The van der Waals surface area contributed by atoms with Crippen molar-refractivity contribution in [3.8, 4) is 0 Å². The summed E-state index contributed by atoms with van der Waals surface area (Å²) >= 11 is 0. The fourth-order valence-electron chi connectivity index (χ4n) is 3.02. The average molecular weight is 170 g/mol. The first-order chi connectivity index (χ1) is 5.70. The Hall–Kier alpha value is -0.120. The monoisotopic (exact) mass is 170 g/mol. The van der Waals surface area contributed by atoms with E-state index < -0.39 is 0 Å². The molecule has 0 aromatic carbocycles. The molecule has 7 atom stereocenters. The summed E-state index contributed by atoms with van der Waals surface area (Å²) in [6.45, 7) is 4.26. The third-order valence-corrected chi connectivity index (χ3v) is 3.70. The molecule has 0 amide bonds. The van der Waals surface area contributed by atoms with Crippen LogP contribution in [0.15, 0.2) is 0 Å². The van der Waals surface area contributed by atoms with Crippen molar-refractivity contribution in [2.24, 2.45) is 11.8 Å². The van der Waals surface area contributed by atoms with E-state index in [2.05, 4.69) is 13.8 Å². The third-order valence-electron chi connectivity index (χ3n) is 3.70. The summed E-state index contributed by atoms with van der Waals surface area (Å²) in [5.41, 5.74) is 0. The lowest BCUT2D eigenvalue weighted by atomic mass is 9.87. The zero-order chi connectivity index (χ0) is 8.46. The average Bonchev–Trinajstić information content (AvgIpc) is 2.43. The van der Waals surface area contributed by atoms with Crippen LogP contribution < -0.4 is 0 Å². The van der Waals surface area contributed by atoms with E-state index >= 15 is 0 Å². The normalized spacial score (nSPS) is 67.8. The Labute approximate surface area is 71.7 Å². The first kappa shape index (κ1) is 7.30. The molecule has 4 fully saturated rings. The van der Waals surface area contributed by atoms with E-state index in [0.29, 0.717) is 17.9 Å². The topological polar surface area (TPSA) is 38.7 Å². The Morgan fingerprint density at radius 1 is 0.833 bits per heavy atom. The lowest BCUT2D eigenvalue weighted by molar-refractivity contribution is -0.149. The van der Waals surface area contributed by atoms with E-state index in [4.69, 9.17) is 9.47 Å². The highest BCUT2D eigenvalue weighted by molar-refractivity contribution is 5.09. The van der Waals surface area contributed by atoms with Gasteiger partial charge in [-0.15, -0.1) is 0 Å². The fourth-order valence-corrected chi connectivity index (χ4v) is 3.02. The minimum Gasteiger partial charge on any atom is -0.388 e. The zero-order valence-corrected chi connectivity index (χ0v) is 7.31. The summed E-state index contributed by atoms with van der Waals surface area (Å²) in [6, 6.07) is 0. The molecule has 4 bridgehead atoms. The van der Waals surface area contributed by atoms with Crippen LogP contribution in [-0.4, -0.2) is 35.6 Å².